The van der Waals surface area contributed by atoms with Crippen molar-refractivity contribution in [1.29, 1.82) is 5.41 Å². The average Bonchev–Trinajstić information content (AvgIpc) is 3.50. The number of nitrogens with zero attached hydrogens (tertiary/aromatic N) is 2. The topological polar surface area (TPSA) is 113 Å². The van der Waals surface area contributed by atoms with E-state index in [-0.39, 0.29) is 22.6 Å². The first kappa shape index (κ1) is 24.9. The van der Waals surface area contributed by atoms with Crippen molar-refractivity contribution in [3.05, 3.63) is 47.2 Å². The quantitative estimate of drug-likeness (QED) is 0.181. The maximum absolute atomic E-state index is 13.2. The summed E-state index contributed by atoms with van der Waals surface area (Å²) in [6.07, 6.45) is -2.06. The van der Waals surface area contributed by atoms with E-state index in [0.29, 0.717) is 22.0 Å². The lowest BCUT2D eigenvalue weighted by Crippen LogP contribution is -2.42. The number of hydrogen-bond acceptors (Lipinski definition) is 7. The highest BCUT2D eigenvalue weighted by atomic mass is 32.2. The zero-order valence-corrected chi connectivity index (χ0v) is 18.5. The van der Waals surface area contributed by atoms with Gasteiger partial charge in [0.1, 0.15) is 5.04 Å². The average molecular weight is 487 g/mol. The van der Waals surface area contributed by atoms with Crippen LogP contribution >= 0.6 is 11.8 Å². The van der Waals surface area contributed by atoms with E-state index in [1.165, 1.54) is 17.8 Å². The number of alkyl halides is 5. The number of halogens is 5. The molecule has 1 fully saturated rings. The fourth-order valence-corrected chi connectivity index (χ4v) is 3.74. The standard InChI is InChI=1S/C21H23F5N6S/c1-2-33-18(14-8-13(3-4-15(14)28)19(29)5-6-19)32-17-7-12(9-27)16(10-30-17)31-11-20(22,23)21(24,25)26/h3-4,7-10,27,31H,2,5-6,11,28-29H2,1H3. The van der Waals surface area contributed by atoms with Crippen LogP contribution in [-0.2, 0) is 5.54 Å². The van der Waals surface area contributed by atoms with Gasteiger partial charge in [-0.15, -0.1) is 11.8 Å². The molecule has 3 rings (SSSR count). The molecule has 1 aromatic heterocycles. The second-order valence-electron chi connectivity index (χ2n) is 7.64. The monoisotopic (exact) mass is 486 g/mol. The molecule has 178 valence electrons. The lowest BCUT2D eigenvalue weighted by Gasteiger charge is -2.21. The highest BCUT2D eigenvalue weighted by molar-refractivity contribution is 8.14. The fourth-order valence-electron chi connectivity index (χ4n) is 2.98. The van der Waals surface area contributed by atoms with Crippen molar-refractivity contribution in [2.75, 3.05) is 23.3 Å². The van der Waals surface area contributed by atoms with Gasteiger partial charge >= 0.3 is 12.1 Å². The van der Waals surface area contributed by atoms with Crippen LogP contribution in [0.15, 0.2) is 35.5 Å². The van der Waals surface area contributed by atoms with Crippen molar-refractivity contribution < 1.29 is 22.0 Å². The molecule has 6 N–H and O–H groups in total. The highest BCUT2D eigenvalue weighted by Gasteiger charge is 2.57. The summed E-state index contributed by atoms with van der Waals surface area (Å²) in [5.74, 6) is -4.12. The van der Waals surface area contributed by atoms with Crippen LogP contribution in [0.25, 0.3) is 0 Å². The Hall–Kier alpha value is -2.73. The Labute approximate surface area is 191 Å². The van der Waals surface area contributed by atoms with Crippen LogP contribution in [-0.4, -0.2) is 40.6 Å². The zero-order valence-electron chi connectivity index (χ0n) is 17.6. The fraction of sp³-hybridized carbons (Fsp3) is 0.381. The van der Waals surface area contributed by atoms with Gasteiger partial charge in [0, 0.05) is 28.6 Å². The third kappa shape index (κ3) is 5.61. The van der Waals surface area contributed by atoms with Crippen LogP contribution in [0.3, 0.4) is 0 Å². The number of aromatic nitrogens is 1. The maximum atomic E-state index is 13.2. The van der Waals surface area contributed by atoms with Crippen molar-refractivity contribution in [1.82, 2.24) is 4.98 Å². The molecule has 6 nitrogen and oxygen atoms in total. The Morgan fingerprint density at radius 3 is 2.55 bits per heavy atom. The molecular weight excluding hydrogens is 463 g/mol. The number of nitrogen functional groups attached to an aromatic ring is 1. The number of anilines is 2. The minimum Gasteiger partial charge on any atom is -0.398 e. The van der Waals surface area contributed by atoms with Gasteiger partial charge in [-0.3, -0.25) is 0 Å². The smallest absolute Gasteiger partial charge is 0.398 e. The number of rotatable bonds is 8. The number of aliphatic imine (C=N–C) groups is 1. The molecule has 0 amide bonds. The summed E-state index contributed by atoms with van der Waals surface area (Å²) in [5.41, 5.74) is 14.1. The molecule has 1 heterocycles. The molecule has 0 bridgehead atoms. The molecule has 12 heteroatoms. The highest BCUT2D eigenvalue weighted by Crippen LogP contribution is 2.43. The van der Waals surface area contributed by atoms with Gasteiger partial charge in [0.15, 0.2) is 5.82 Å². The van der Waals surface area contributed by atoms with E-state index in [2.05, 4.69) is 9.98 Å². The summed E-state index contributed by atoms with van der Waals surface area (Å²) in [4.78, 5) is 8.56. The molecule has 1 aliphatic rings. The van der Waals surface area contributed by atoms with Gasteiger partial charge in [-0.05, 0) is 42.4 Å². The minimum atomic E-state index is -5.69. The summed E-state index contributed by atoms with van der Waals surface area (Å²) in [6.45, 7) is 0.249. The van der Waals surface area contributed by atoms with E-state index in [4.69, 9.17) is 16.9 Å². The predicted molar refractivity (Wildman–Crippen MR) is 122 cm³/mol. The van der Waals surface area contributed by atoms with Gasteiger partial charge in [0.2, 0.25) is 0 Å². The second kappa shape index (κ2) is 9.26. The molecule has 1 aromatic carbocycles. The normalized spacial score (nSPS) is 15.9. The molecule has 0 atom stereocenters. The first-order valence-electron chi connectivity index (χ1n) is 10.00. The summed E-state index contributed by atoms with van der Waals surface area (Å²) in [6, 6.07) is 6.84. The Morgan fingerprint density at radius 1 is 1.27 bits per heavy atom. The van der Waals surface area contributed by atoms with Crippen LogP contribution < -0.4 is 16.8 Å². The Balaban J connectivity index is 1.91. The van der Waals surface area contributed by atoms with Crippen molar-refractivity contribution in [2.24, 2.45) is 10.7 Å². The molecule has 0 unspecified atom stereocenters. The molecule has 0 spiro atoms. The summed E-state index contributed by atoms with van der Waals surface area (Å²) >= 11 is 1.40. The van der Waals surface area contributed by atoms with Crippen LogP contribution in [0.1, 0.15) is 36.5 Å². The number of nitrogens with two attached hydrogens (primary N) is 2. The molecule has 1 saturated carbocycles. The summed E-state index contributed by atoms with van der Waals surface area (Å²) in [7, 11) is 0. The van der Waals surface area contributed by atoms with Gasteiger partial charge in [-0.1, -0.05) is 13.0 Å². The van der Waals surface area contributed by atoms with Crippen molar-refractivity contribution in [3.63, 3.8) is 0 Å². The molecule has 33 heavy (non-hydrogen) atoms. The number of nitrogens with one attached hydrogen (secondary N) is 2. The van der Waals surface area contributed by atoms with Crippen molar-refractivity contribution >= 4 is 40.2 Å². The minimum absolute atomic E-state index is 0.0585. The first-order valence-corrected chi connectivity index (χ1v) is 11.0. The van der Waals surface area contributed by atoms with Crippen LogP contribution in [0.5, 0.6) is 0 Å². The van der Waals surface area contributed by atoms with E-state index in [9.17, 15) is 22.0 Å². The van der Waals surface area contributed by atoms with Crippen LogP contribution in [0, 0.1) is 5.41 Å². The molecule has 0 saturated heterocycles. The van der Waals surface area contributed by atoms with Crippen molar-refractivity contribution in [2.45, 2.75) is 37.4 Å². The SMILES string of the molecule is CCSC(=Nc1cc(C=N)c(NCC(F)(F)C(F)(F)F)cn1)c1cc(C2(N)CC2)ccc1N. The number of thioether (sulfide) groups is 1. The Kier molecular flexibility index (Phi) is 6.99. The second-order valence-corrected chi connectivity index (χ2v) is 8.89. The third-order valence-electron chi connectivity index (χ3n) is 5.14. The van der Waals surface area contributed by atoms with Gasteiger partial charge in [0.25, 0.3) is 0 Å². The Bertz CT molecular complexity index is 1070. The lowest BCUT2D eigenvalue weighted by molar-refractivity contribution is -0.275. The van der Waals surface area contributed by atoms with E-state index in [1.54, 1.807) is 6.07 Å². The third-order valence-corrected chi connectivity index (χ3v) is 6.01. The summed E-state index contributed by atoms with van der Waals surface area (Å²) < 4.78 is 63.7. The number of hydrogen-bond donors (Lipinski definition) is 4. The molecule has 2 aromatic rings. The summed E-state index contributed by atoms with van der Waals surface area (Å²) in [5, 5.41) is 10.1. The van der Waals surface area contributed by atoms with Gasteiger partial charge in [-0.2, -0.15) is 22.0 Å². The zero-order chi connectivity index (χ0) is 24.4. The van der Waals surface area contributed by atoms with E-state index in [0.717, 1.165) is 30.8 Å². The first-order chi connectivity index (χ1) is 15.4. The molecule has 1 aliphatic carbocycles. The number of pyridine rings is 1. The van der Waals surface area contributed by atoms with Crippen molar-refractivity contribution in [3.8, 4) is 0 Å². The molecule has 0 aliphatic heterocycles. The van der Waals surface area contributed by atoms with E-state index < -0.39 is 18.6 Å². The predicted octanol–water partition coefficient (Wildman–Crippen LogP) is 5.05. The van der Waals surface area contributed by atoms with Gasteiger partial charge in [-0.25, -0.2) is 9.98 Å². The molecular formula is C21H23F5N6S. The lowest BCUT2D eigenvalue weighted by atomic mass is 10.0. The Morgan fingerprint density at radius 2 is 1.97 bits per heavy atom. The van der Waals surface area contributed by atoms with Gasteiger partial charge < -0.3 is 22.2 Å². The maximum Gasteiger partial charge on any atom is 0.455 e. The number of benzene rings is 1. The van der Waals surface area contributed by atoms with E-state index >= 15 is 0 Å². The van der Waals surface area contributed by atoms with Gasteiger partial charge in [0.05, 0.1) is 18.4 Å². The molecule has 0 radical (unpaired) electrons. The van der Waals surface area contributed by atoms with Crippen LogP contribution in [0.2, 0.25) is 0 Å². The van der Waals surface area contributed by atoms with E-state index in [1.807, 2.05) is 24.4 Å². The van der Waals surface area contributed by atoms with Crippen LogP contribution in [0.4, 0.5) is 39.1 Å². The largest absolute Gasteiger partial charge is 0.455 e.